The zero-order chi connectivity index (χ0) is 36.9. The van der Waals surface area contributed by atoms with Crippen LogP contribution < -0.4 is 5.73 Å². The lowest BCUT2D eigenvalue weighted by Crippen LogP contribution is -2.59. The van der Waals surface area contributed by atoms with Gasteiger partial charge in [-0.25, -0.2) is 15.0 Å². The van der Waals surface area contributed by atoms with Gasteiger partial charge in [-0.1, -0.05) is 103 Å². The van der Waals surface area contributed by atoms with E-state index in [9.17, 15) is 25.0 Å². The Bertz CT molecular complexity index is 1260. The maximum Gasteiger partial charge on any atom is 0.358 e. The summed E-state index contributed by atoms with van der Waals surface area (Å²) in [6.07, 6.45) is 14.5. The Kier molecular flexibility index (Phi) is 21.0. The fourth-order valence-corrected chi connectivity index (χ4v) is 7.56. The van der Waals surface area contributed by atoms with E-state index in [0.717, 1.165) is 12.8 Å². The summed E-state index contributed by atoms with van der Waals surface area (Å²) < 4.78 is 43.8. The number of hydrogen-bond donors (Lipinski definition) is 5. The largest absolute Gasteiger partial charge is 0.394 e. The van der Waals surface area contributed by atoms with Gasteiger partial charge in [0.15, 0.2) is 17.8 Å². The van der Waals surface area contributed by atoms with Crippen molar-refractivity contribution in [2.75, 3.05) is 38.5 Å². The second kappa shape index (κ2) is 24.5. The van der Waals surface area contributed by atoms with Crippen molar-refractivity contribution in [1.29, 1.82) is 0 Å². The van der Waals surface area contributed by atoms with Gasteiger partial charge < -0.3 is 49.5 Å². The van der Waals surface area contributed by atoms with Gasteiger partial charge in [-0.15, -0.1) is 0 Å². The van der Waals surface area contributed by atoms with Gasteiger partial charge in [-0.2, -0.15) is 0 Å². The van der Waals surface area contributed by atoms with Crippen molar-refractivity contribution < 1.29 is 48.2 Å². The van der Waals surface area contributed by atoms with Crippen LogP contribution >= 0.6 is 7.60 Å². The minimum absolute atomic E-state index is 0.0896. The predicted molar refractivity (Wildman–Crippen MR) is 194 cm³/mol. The van der Waals surface area contributed by atoms with Crippen LogP contribution in [0.4, 0.5) is 5.82 Å². The Labute approximate surface area is 303 Å². The van der Waals surface area contributed by atoms with Gasteiger partial charge in [0, 0.05) is 6.61 Å². The number of aromatic nitrogens is 4. The molecule has 0 aromatic carbocycles. The number of nitrogens with zero attached hydrogens (tertiary/aromatic N) is 4. The molecule has 0 bridgehead atoms. The van der Waals surface area contributed by atoms with Gasteiger partial charge >= 0.3 is 7.60 Å². The molecule has 1 aliphatic heterocycles. The number of hydrogen-bond acceptors (Lipinski definition) is 14. The Balaban J connectivity index is 1.34. The first-order chi connectivity index (χ1) is 24.7. The molecular weight excluding hydrogens is 681 g/mol. The summed E-state index contributed by atoms with van der Waals surface area (Å²) in [6, 6.07) is 0. The Morgan fingerprint density at radius 1 is 0.843 bits per heavy atom. The van der Waals surface area contributed by atoms with E-state index in [1.165, 1.54) is 96.2 Å². The number of unbranched alkanes of at least 4 members (excludes halogenated alkanes) is 15. The highest BCUT2D eigenvalue weighted by molar-refractivity contribution is 7.53. The van der Waals surface area contributed by atoms with E-state index in [0.29, 0.717) is 17.8 Å². The summed E-state index contributed by atoms with van der Waals surface area (Å²) in [5.74, 6) is 0.246. The summed E-state index contributed by atoms with van der Waals surface area (Å²) in [5, 5.41) is 40.4. The van der Waals surface area contributed by atoms with Crippen molar-refractivity contribution in [3.8, 4) is 0 Å². The topological polar surface area (TPSA) is 214 Å². The summed E-state index contributed by atoms with van der Waals surface area (Å²) in [6.45, 7) is 4.22. The predicted octanol–water partition coefficient (Wildman–Crippen LogP) is 5.08. The second-order valence-corrected chi connectivity index (χ2v) is 15.5. The van der Waals surface area contributed by atoms with Crippen LogP contribution in [0.3, 0.4) is 0 Å². The summed E-state index contributed by atoms with van der Waals surface area (Å²) in [5.41, 5.74) is 6.84. The maximum absolute atomic E-state index is 13.9. The van der Waals surface area contributed by atoms with E-state index < -0.39 is 57.4 Å². The molecule has 1 aliphatic rings. The number of fused-ring (bicyclic) bond motifs is 1. The molecule has 6 N–H and O–H groups in total. The number of anilines is 1. The fourth-order valence-electron chi connectivity index (χ4n) is 6.08. The lowest BCUT2D eigenvalue weighted by molar-refractivity contribution is -0.279. The number of aliphatic hydroxyl groups is 4. The second-order valence-electron chi connectivity index (χ2n) is 13.6. The van der Waals surface area contributed by atoms with Crippen LogP contribution in [0.15, 0.2) is 12.7 Å². The van der Waals surface area contributed by atoms with Gasteiger partial charge in [-0.05, 0) is 13.3 Å². The first-order valence-electron chi connectivity index (χ1n) is 19.0. The minimum Gasteiger partial charge on any atom is -0.394 e. The molecule has 2 aromatic rings. The van der Waals surface area contributed by atoms with Gasteiger partial charge in [0.05, 0.1) is 38.8 Å². The molecule has 0 radical (unpaired) electrons. The molecule has 1 saturated heterocycles. The number of aliphatic hydroxyl groups excluding tert-OH is 4. The third-order valence-corrected chi connectivity index (χ3v) is 10.7. The molecule has 294 valence electrons. The van der Waals surface area contributed by atoms with Gasteiger partial charge in [-0.3, -0.25) is 9.09 Å². The Morgan fingerprint density at radius 2 is 1.45 bits per heavy atom. The molecule has 0 saturated carbocycles. The van der Waals surface area contributed by atoms with Crippen LogP contribution in [0, 0.1) is 0 Å². The molecule has 3 heterocycles. The lowest BCUT2D eigenvalue weighted by atomic mass is 10.00. The summed E-state index contributed by atoms with van der Waals surface area (Å²) in [7, 11) is -4.13. The standard InChI is InChI=1S/C35H64N5O10P/c1-3-4-5-6-7-8-9-10-11-12-13-14-15-16-17-18-19-46-20-21-48-51(45,50-35-32(44)31(43)30(42)28(23-41)49-35)26-47-27(2)22-40-25-39-29-33(36)37-24-38-34(29)40/h24-25,27-28,30-32,35,41-44H,3-23,26H2,1-2H3,(H2,36,37,38)/t27?,28-,30+,31+,32-,35?,51?/m1/s1. The highest BCUT2D eigenvalue weighted by Gasteiger charge is 2.47. The average molecular weight is 746 g/mol. The zero-order valence-electron chi connectivity index (χ0n) is 30.7. The molecule has 15 nitrogen and oxygen atoms in total. The van der Waals surface area contributed by atoms with E-state index >= 15 is 0 Å². The van der Waals surface area contributed by atoms with Crippen LogP contribution in [0.2, 0.25) is 0 Å². The van der Waals surface area contributed by atoms with Gasteiger partial charge in [0.2, 0.25) is 0 Å². The maximum atomic E-state index is 13.9. The summed E-state index contributed by atoms with van der Waals surface area (Å²) >= 11 is 0. The van der Waals surface area contributed by atoms with Crippen molar-refractivity contribution in [2.45, 2.75) is 160 Å². The van der Waals surface area contributed by atoms with Crippen LogP contribution in [0.1, 0.15) is 117 Å². The number of imidazole rings is 1. The SMILES string of the molecule is CCCCCCCCCCCCCCCCCCOCCOP(=O)(COC(C)Cn1cnc2c(N)ncnc21)OC1O[C@H](CO)[C@H](O)[C@H](O)[C@H]1O. The molecule has 3 rings (SSSR count). The van der Waals surface area contributed by atoms with Crippen molar-refractivity contribution >= 4 is 24.6 Å². The van der Waals surface area contributed by atoms with E-state index in [1.807, 2.05) is 0 Å². The third-order valence-electron chi connectivity index (χ3n) is 9.17. The van der Waals surface area contributed by atoms with Crippen LogP contribution in [-0.4, -0.2) is 110 Å². The van der Waals surface area contributed by atoms with Crippen molar-refractivity contribution in [1.82, 2.24) is 19.5 Å². The third kappa shape index (κ3) is 15.6. The number of ether oxygens (including phenoxy) is 3. The van der Waals surface area contributed by atoms with Gasteiger partial charge in [0.1, 0.15) is 42.6 Å². The minimum atomic E-state index is -4.13. The van der Waals surface area contributed by atoms with E-state index in [1.54, 1.807) is 17.8 Å². The van der Waals surface area contributed by atoms with E-state index in [-0.39, 0.29) is 25.6 Å². The Hall–Kier alpha value is -1.78. The monoisotopic (exact) mass is 745 g/mol. The lowest BCUT2D eigenvalue weighted by Gasteiger charge is -2.40. The van der Waals surface area contributed by atoms with Gasteiger partial charge in [0.25, 0.3) is 0 Å². The Morgan fingerprint density at radius 3 is 2.06 bits per heavy atom. The molecule has 0 spiro atoms. The molecule has 0 amide bonds. The van der Waals surface area contributed by atoms with Crippen molar-refractivity contribution in [2.24, 2.45) is 0 Å². The van der Waals surface area contributed by atoms with E-state index in [4.69, 9.17) is 29.0 Å². The normalized spacial score (nSPS) is 22.7. The first-order valence-corrected chi connectivity index (χ1v) is 20.7. The molecule has 2 aromatic heterocycles. The molecule has 3 unspecified atom stereocenters. The van der Waals surface area contributed by atoms with Crippen LogP contribution in [0.5, 0.6) is 0 Å². The first kappa shape index (κ1) is 43.6. The summed E-state index contributed by atoms with van der Waals surface area (Å²) in [4.78, 5) is 12.4. The molecule has 16 heteroatoms. The molecule has 51 heavy (non-hydrogen) atoms. The van der Waals surface area contributed by atoms with Crippen molar-refractivity contribution in [3.05, 3.63) is 12.7 Å². The van der Waals surface area contributed by atoms with Crippen LogP contribution in [0.25, 0.3) is 11.2 Å². The number of nitrogen functional groups attached to an aromatic ring is 1. The highest BCUT2D eigenvalue weighted by atomic mass is 31.2. The molecule has 7 atom stereocenters. The number of nitrogens with two attached hydrogens (primary N) is 1. The molecule has 1 fully saturated rings. The average Bonchev–Trinajstić information content (AvgIpc) is 3.53. The highest BCUT2D eigenvalue weighted by Crippen LogP contribution is 2.51. The van der Waals surface area contributed by atoms with Crippen LogP contribution in [-0.2, 0) is 34.4 Å². The molecule has 0 aliphatic carbocycles. The number of rotatable bonds is 29. The van der Waals surface area contributed by atoms with Crippen molar-refractivity contribution in [3.63, 3.8) is 0 Å². The smallest absolute Gasteiger partial charge is 0.358 e. The quantitative estimate of drug-likeness (QED) is 0.0543. The fraction of sp³-hybridized carbons (Fsp3) is 0.857. The molecular formula is C35H64N5O10P. The van der Waals surface area contributed by atoms with E-state index in [2.05, 4.69) is 21.9 Å². The zero-order valence-corrected chi connectivity index (χ0v) is 31.6.